The third-order valence-corrected chi connectivity index (χ3v) is 3.12. The number of halogens is 3. The summed E-state index contributed by atoms with van der Waals surface area (Å²) in [7, 11) is 0. The molecule has 2 amide bonds. The molecule has 0 saturated heterocycles. The highest BCUT2D eigenvalue weighted by molar-refractivity contribution is 5.96. The van der Waals surface area contributed by atoms with Crippen molar-refractivity contribution in [1.29, 1.82) is 0 Å². The molecular formula is C14H15F3N2O2. The Hall–Kier alpha value is -2.05. The Labute approximate surface area is 119 Å². The average molecular weight is 300 g/mol. The molecule has 21 heavy (non-hydrogen) atoms. The van der Waals surface area contributed by atoms with Crippen LogP contribution in [0.2, 0.25) is 0 Å². The number of benzene rings is 1. The maximum atomic E-state index is 12.5. The smallest absolute Gasteiger partial charge is 0.312 e. The van der Waals surface area contributed by atoms with Gasteiger partial charge in [0.05, 0.1) is 0 Å². The molecule has 0 bridgehead atoms. The number of carbonyl (C=O) groups excluding carboxylic acids is 2. The fraction of sp³-hybridized carbons (Fsp3) is 0.429. The number of nitrogens with one attached hydrogen (secondary N) is 1. The first-order chi connectivity index (χ1) is 9.76. The lowest BCUT2D eigenvalue weighted by Gasteiger charge is -2.24. The monoisotopic (exact) mass is 300 g/mol. The summed E-state index contributed by atoms with van der Waals surface area (Å²) >= 11 is 0. The lowest BCUT2D eigenvalue weighted by atomic mass is 10.1. The standard InChI is InChI=1S/C14H15F3N2O2/c1-9(20)10-3-2-4-11(7-10)18-13(21)19(12-5-6-12)8-14(15,16)17/h2-4,7,12H,5-6,8H2,1H3,(H,18,21). The number of nitrogens with zero attached hydrogens (tertiary/aromatic N) is 1. The molecule has 0 atom stereocenters. The molecule has 1 saturated carbocycles. The van der Waals surface area contributed by atoms with E-state index in [1.807, 2.05) is 0 Å². The van der Waals surface area contributed by atoms with Gasteiger partial charge in [0.1, 0.15) is 6.54 Å². The molecule has 0 unspecified atom stereocenters. The summed E-state index contributed by atoms with van der Waals surface area (Å²) in [5, 5.41) is 2.42. The van der Waals surface area contributed by atoms with Gasteiger partial charge in [0, 0.05) is 17.3 Å². The molecule has 0 spiro atoms. The largest absolute Gasteiger partial charge is 0.406 e. The second kappa shape index (κ2) is 5.75. The van der Waals surface area contributed by atoms with E-state index < -0.39 is 18.8 Å². The van der Waals surface area contributed by atoms with Gasteiger partial charge in [-0.25, -0.2) is 4.79 Å². The molecule has 1 aliphatic rings. The Morgan fingerprint density at radius 3 is 2.52 bits per heavy atom. The molecule has 7 heteroatoms. The molecule has 0 radical (unpaired) electrons. The summed E-state index contributed by atoms with van der Waals surface area (Å²) in [6.45, 7) is 0.108. The van der Waals surface area contributed by atoms with E-state index in [2.05, 4.69) is 5.32 Å². The van der Waals surface area contributed by atoms with Crippen LogP contribution in [-0.4, -0.2) is 35.5 Å². The average Bonchev–Trinajstić information content (AvgIpc) is 3.19. The van der Waals surface area contributed by atoms with Crippen LogP contribution in [0, 0.1) is 0 Å². The van der Waals surface area contributed by atoms with Crippen LogP contribution >= 0.6 is 0 Å². The topological polar surface area (TPSA) is 49.4 Å². The van der Waals surface area contributed by atoms with E-state index in [-0.39, 0.29) is 11.8 Å². The highest BCUT2D eigenvalue weighted by atomic mass is 19.4. The van der Waals surface area contributed by atoms with Gasteiger partial charge in [0.15, 0.2) is 5.78 Å². The van der Waals surface area contributed by atoms with Crippen LogP contribution in [0.1, 0.15) is 30.1 Å². The van der Waals surface area contributed by atoms with Crippen molar-refractivity contribution in [2.75, 3.05) is 11.9 Å². The fourth-order valence-corrected chi connectivity index (χ4v) is 1.96. The van der Waals surface area contributed by atoms with Crippen molar-refractivity contribution in [3.8, 4) is 0 Å². The Balaban J connectivity index is 2.08. The number of amides is 2. The highest BCUT2D eigenvalue weighted by Gasteiger charge is 2.40. The lowest BCUT2D eigenvalue weighted by Crippen LogP contribution is -2.42. The summed E-state index contributed by atoms with van der Waals surface area (Å²) in [6.07, 6.45) is -3.27. The predicted octanol–water partition coefficient (Wildman–Crippen LogP) is 3.45. The number of ketones is 1. The Bertz CT molecular complexity index is 553. The summed E-state index contributed by atoms with van der Waals surface area (Å²) in [6, 6.07) is 4.96. The maximum Gasteiger partial charge on any atom is 0.406 e. The van der Waals surface area contributed by atoms with E-state index in [1.54, 1.807) is 12.1 Å². The first kappa shape index (κ1) is 15.3. The Morgan fingerprint density at radius 1 is 1.33 bits per heavy atom. The van der Waals surface area contributed by atoms with Gasteiger partial charge in [-0.05, 0) is 31.9 Å². The molecule has 4 nitrogen and oxygen atoms in total. The number of alkyl halides is 3. The van der Waals surface area contributed by atoms with Crippen molar-refractivity contribution < 1.29 is 22.8 Å². The van der Waals surface area contributed by atoms with E-state index in [4.69, 9.17) is 0 Å². The highest BCUT2D eigenvalue weighted by Crippen LogP contribution is 2.30. The van der Waals surface area contributed by atoms with E-state index in [0.717, 1.165) is 4.90 Å². The fourth-order valence-electron chi connectivity index (χ4n) is 1.96. The van der Waals surface area contributed by atoms with Crippen LogP contribution in [0.3, 0.4) is 0 Å². The summed E-state index contributed by atoms with van der Waals surface area (Å²) in [4.78, 5) is 24.0. The predicted molar refractivity (Wildman–Crippen MR) is 71.2 cm³/mol. The van der Waals surface area contributed by atoms with Crippen LogP contribution in [0.4, 0.5) is 23.7 Å². The van der Waals surface area contributed by atoms with Crippen LogP contribution in [0.5, 0.6) is 0 Å². The quantitative estimate of drug-likeness (QED) is 0.866. The summed E-state index contributed by atoms with van der Waals surface area (Å²) in [5.41, 5.74) is 0.696. The van der Waals surface area contributed by atoms with E-state index in [9.17, 15) is 22.8 Å². The Morgan fingerprint density at radius 2 is 2.00 bits per heavy atom. The molecule has 1 N–H and O–H groups in total. The first-order valence-electron chi connectivity index (χ1n) is 6.51. The number of carbonyl (C=O) groups is 2. The molecule has 114 valence electrons. The molecule has 0 heterocycles. The zero-order chi connectivity index (χ0) is 15.6. The SMILES string of the molecule is CC(=O)c1cccc(NC(=O)N(CC(F)(F)F)C2CC2)c1. The van der Waals surface area contributed by atoms with Crippen molar-refractivity contribution >= 4 is 17.5 Å². The number of urea groups is 1. The summed E-state index contributed by atoms with van der Waals surface area (Å²) in [5.74, 6) is -0.180. The third-order valence-electron chi connectivity index (χ3n) is 3.12. The van der Waals surface area contributed by atoms with Crippen molar-refractivity contribution in [3.63, 3.8) is 0 Å². The van der Waals surface area contributed by atoms with Gasteiger partial charge in [0.25, 0.3) is 0 Å². The van der Waals surface area contributed by atoms with Crippen molar-refractivity contribution in [2.45, 2.75) is 32.0 Å². The maximum absolute atomic E-state index is 12.5. The van der Waals surface area contributed by atoms with Gasteiger partial charge in [0.2, 0.25) is 0 Å². The molecular weight excluding hydrogens is 285 g/mol. The van der Waals surface area contributed by atoms with Gasteiger partial charge in [-0.2, -0.15) is 13.2 Å². The zero-order valence-corrected chi connectivity index (χ0v) is 11.4. The molecule has 0 aliphatic heterocycles. The van der Waals surface area contributed by atoms with E-state index >= 15 is 0 Å². The number of anilines is 1. The second-order valence-corrected chi connectivity index (χ2v) is 5.04. The van der Waals surface area contributed by atoms with Crippen LogP contribution in [0.25, 0.3) is 0 Å². The second-order valence-electron chi connectivity index (χ2n) is 5.04. The van der Waals surface area contributed by atoms with Gasteiger partial charge >= 0.3 is 12.2 Å². The molecule has 0 aromatic heterocycles. The van der Waals surface area contributed by atoms with Crippen LogP contribution < -0.4 is 5.32 Å². The van der Waals surface area contributed by atoms with Crippen molar-refractivity contribution in [2.24, 2.45) is 0 Å². The Kier molecular flexibility index (Phi) is 4.20. The zero-order valence-electron chi connectivity index (χ0n) is 11.4. The normalized spacial score (nSPS) is 14.7. The van der Waals surface area contributed by atoms with Gasteiger partial charge in [-0.15, -0.1) is 0 Å². The van der Waals surface area contributed by atoms with Crippen molar-refractivity contribution in [1.82, 2.24) is 4.90 Å². The molecule has 1 fully saturated rings. The van der Waals surface area contributed by atoms with Crippen molar-refractivity contribution in [3.05, 3.63) is 29.8 Å². The third kappa shape index (κ3) is 4.47. The number of hydrogen-bond acceptors (Lipinski definition) is 2. The van der Waals surface area contributed by atoms with Crippen LogP contribution in [0.15, 0.2) is 24.3 Å². The van der Waals surface area contributed by atoms with Gasteiger partial charge in [-0.3, -0.25) is 4.79 Å². The number of rotatable bonds is 4. The minimum absolute atomic E-state index is 0.180. The molecule has 2 rings (SSSR count). The van der Waals surface area contributed by atoms with Gasteiger partial charge < -0.3 is 10.2 Å². The number of hydrogen-bond donors (Lipinski definition) is 1. The minimum Gasteiger partial charge on any atom is -0.312 e. The molecule has 1 aliphatic carbocycles. The first-order valence-corrected chi connectivity index (χ1v) is 6.51. The molecule has 1 aromatic rings. The summed E-state index contributed by atoms with van der Waals surface area (Å²) < 4.78 is 37.5. The molecule has 1 aromatic carbocycles. The minimum atomic E-state index is -4.43. The van der Waals surface area contributed by atoms with E-state index in [1.165, 1.54) is 19.1 Å². The van der Waals surface area contributed by atoms with Crippen LogP contribution in [-0.2, 0) is 0 Å². The van der Waals surface area contributed by atoms with E-state index in [0.29, 0.717) is 24.1 Å². The van der Waals surface area contributed by atoms with Gasteiger partial charge in [-0.1, -0.05) is 12.1 Å². The number of Topliss-reactive ketones (excluding diaryl/α,β-unsaturated/α-hetero) is 1. The lowest BCUT2D eigenvalue weighted by molar-refractivity contribution is -0.140.